The van der Waals surface area contributed by atoms with E-state index in [1.54, 1.807) is 36.4 Å². The molecular weight excluding hydrogens is 434 g/mol. The van der Waals surface area contributed by atoms with Gasteiger partial charge in [0.1, 0.15) is 11.3 Å². The van der Waals surface area contributed by atoms with Crippen LogP contribution >= 0.6 is 0 Å². The lowest BCUT2D eigenvalue weighted by atomic mass is 9.90. The van der Waals surface area contributed by atoms with Crippen LogP contribution in [0.25, 0.3) is 33.4 Å². The summed E-state index contributed by atoms with van der Waals surface area (Å²) in [5.41, 5.74) is 9.38. The van der Waals surface area contributed by atoms with Crippen LogP contribution in [0, 0.1) is 0 Å². The molecule has 2 aliphatic heterocycles. The number of imide groups is 1. The third kappa shape index (κ3) is 3.69. The van der Waals surface area contributed by atoms with Gasteiger partial charge in [-0.25, -0.2) is 4.79 Å². The molecule has 1 saturated heterocycles. The normalized spacial score (nSPS) is 14.4. The number of nitrogens with zero attached hydrogens (tertiary/aromatic N) is 2. The second-order valence-corrected chi connectivity index (χ2v) is 7.89. The number of carbonyl (C=O) groups excluding carboxylic acids is 3. The van der Waals surface area contributed by atoms with E-state index in [0.717, 1.165) is 21.9 Å². The van der Waals surface area contributed by atoms with Crippen molar-refractivity contribution in [3.63, 3.8) is 0 Å². The van der Waals surface area contributed by atoms with Gasteiger partial charge in [-0.3, -0.25) is 14.6 Å². The number of amides is 2. The first-order chi connectivity index (χ1) is 16.5. The highest BCUT2D eigenvalue weighted by Crippen LogP contribution is 2.41. The van der Waals surface area contributed by atoms with Gasteiger partial charge < -0.3 is 15.0 Å². The minimum absolute atomic E-state index is 0.0236. The van der Waals surface area contributed by atoms with Crippen molar-refractivity contribution in [1.29, 1.82) is 0 Å². The van der Waals surface area contributed by atoms with Gasteiger partial charge in [-0.1, -0.05) is 18.2 Å². The molecule has 2 N–H and O–H groups in total. The van der Waals surface area contributed by atoms with E-state index in [-0.39, 0.29) is 18.4 Å². The molecule has 8 nitrogen and oxygen atoms in total. The Morgan fingerprint density at radius 3 is 2.56 bits per heavy atom. The number of nitrogens with two attached hydrogens (primary N) is 1. The number of hydrogen-bond acceptors (Lipinski definition) is 7. The summed E-state index contributed by atoms with van der Waals surface area (Å²) in [4.78, 5) is 46.7. The maximum Gasteiger partial charge on any atom is 0.364 e. The maximum atomic E-state index is 13.1. The van der Waals surface area contributed by atoms with Crippen molar-refractivity contribution in [2.75, 3.05) is 12.3 Å². The molecule has 2 heterocycles. The van der Waals surface area contributed by atoms with E-state index in [4.69, 9.17) is 15.0 Å². The van der Waals surface area contributed by atoms with Gasteiger partial charge in [-0.15, -0.1) is 5.06 Å². The van der Waals surface area contributed by atoms with Crippen LogP contribution in [-0.2, 0) is 14.4 Å². The first kappa shape index (κ1) is 21.4. The third-order valence-electron chi connectivity index (χ3n) is 5.67. The number of benzene rings is 3. The van der Waals surface area contributed by atoms with Gasteiger partial charge in [0.15, 0.2) is 0 Å². The van der Waals surface area contributed by atoms with Crippen LogP contribution in [0.5, 0.6) is 0 Å². The van der Waals surface area contributed by atoms with Gasteiger partial charge >= 0.3 is 5.97 Å². The zero-order valence-electron chi connectivity index (χ0n) is 18.4. The molecule has 0 atom stereocenters. The fourth-order valence-corrected chi connectivity index (χ4v) is 4.14. The molecule has 1 aliphatic carbocycles. The molecule has 0 aromatic heterocycles. The summed E-state index contributed by atoms with van der Waals surface area (Å²) in [7, 11) is 0. The number of rotatable bonds is 4. The lowest BCUT2D eigenvalue weighted by molar-refractivity contribution is -0.172. The minimum Gasteiger partial charge on any atom is -0.456 e. The van der Waals surface area contributed by atoms with Gasteiger partial charge in [0, 0.05) is 53.7 Å². The highest BCUT2D eigenvalue weighted by molar-refractivity contribution is 6.09. The van der Waals surface area contributed by atoms with Crippen molar-refractivity contribution in [1.82, 2.24) is 5.06 Å². The highest BCUT2D eigenvalue weighted by Gasteiger charge is 2.34. The molecule has 1 fully saturated rings. The molecular formula is C26H21N3O5. The van der Waals surface area contributed by atoms with Crippen molar-refractivity contribution in [2.24, 2.45) is 4.99 Å². The fourth-order valence-electron chi connectivity index (χ4n) is 4.14. The number of carbonyl (C=O) groups is 3. The van der Waals surface area contributed by atoms with E-state index in [1.807, 2.05) is 31.2 Å². The van der Waals surface area contributed by atoms with Crippen molar-refractivity contribution < 1.29 is 23.6 Å². The van der Waals surface area contributed by atoms with Gasteiger partial charge in [0.05, 0.1) is 10.9 Å². The van der Waals surface area contributed by atoms with E-state index in [1.165, 1.54) is 0 Å². The van der Waals surface area contributed by atoms with Crippen molar-refractivity contribution in [3.8, 4) is 22.5 Å². The Kier molecular flexibility index (Phi) is 5.33. The fraction of sp³-hybridized carbons (Fsp3) is 0.154. The number of hydroxylamine groups is 2. The number of hydrogen-bond donors (Lipinski definition) is 1. The number of nitrogen functional groups attached to an aromatic ring is 1. The topological polar surface area (TPSA) is 115 Å². The first-order valence-corrected chi connectivity index (χ1v) is 10.9. The third-order valence-corrected chi connectivity index (χ3v) is 5.67. The first-order valence-electron chi connectivity index (χ1n) is 10.9. The zero-order chi connectivity index (χ0) is 23.8. The second-order valence-electron chi connectivity index (χ2n) is 7.89. The average molecular weight is 455 g/mol. The number of fused-ring (bicyclic) bond motifs is 2. The van der Waals surface area contributed by atoms with E-state index in [2.05, 4.69) is 4.99 Å². The Hall–Kier alpha value is -4.46. The Morgan fingerprint density at radius 1 is 1.03 bits per heavy atom. The van der Waals surface area contributed by atoms with Crippen molar-refractivity contribution in [2.45, 2.75) is 19.8 Å². The molecule has 2 amide bonds. The second kappa shape index (κ2) is 8.47. The summed E-state index contributed by atoms with van der Waals surface area (Å²) >= 11 is 0. The van der Waals surface area contributed by atoms with E-state index >= 15 is 0 Å². The molecule has 8 heteroatoms. The Morgan fingerprint density at radius 2 is 1.79 bits per heavy atom. The van der Waals surface area contributed by atoms with Gasteiger partial charge in [0.25, 0.3) is 11.8 Å². The van der Waals surface area contributed by atoms with Crippen LogP contribution in [-0.4, -0.2) is 29.4 Å². The largest absolute Gasteiger partial charge is 0.456 e. The summed E-state index contributed by atoms with van der Waals surface area (Å²) in [5.74, 6) is -1.29. The molecule has 0 unspecified atom stereocenters. The van der Waals surface area contributed by atoms with E-state index in [9.17, 15) is 14.4 Å². The van der Waals surface area contributed by atoms with Crippen molar-refractivity contribution in [3.05, 3.63) is 71.6 Å². The smallest absolute Gasteiger partial charge is 0.364 e. The van der Waals surface area contributed by atoms with Gasteiger partial charge in [-0.05, 0) is 42.8 Å². The molecule has 5 rings (SSSR count). The summed E-state index contributed by atoms with van der Waals surface area (Å²) in [5, 5.41) is 2.07. The molecule has 2 aromatic rings. The predicted molar refractivity (Wildman–Crippen MR) is 125 cm³/mol. The maximum absolute atomic E-state index is 13.1. The Bertz CT molecular complexity index is 1490. The van der Waals surface area contributed by atoms with Crippen LogP contribution in [0.1, 0.15) is 30.1 Å². The van der Waals surface area contributed by atoms with Crippen LogP contribution < -0.4 is 11.1 Å². The summed E-state index contributed by atoms with van der Waals surface area (Å²) in [6.07, 6.45) is 0.0472. The van der Waals surface area contributed by atoms with E-state index in [0.29, 0.717) is 34.2 Å². The average Bonchev–Trinajstić information content (AvgIpc) is 3.14. The Labute approximate surface area is 194 Å². The number of anilines is 1. The lowest BCUT2D eigenvalue weighted by Crippen LogP contribution is -2.32. The minimum atomic E-state index is -0.797. The Balaban J connectivity index is 1.73. The molecule has 3 aliphatic rings. The van der Waals surface area contributed by atoms with Crippen molar-refractivity contribution >= 4 is 34.4 Å². The lowest BCUT2D eigenvalue weighted by Gasteiger charge is -2.18. The van der Waals surface area contributed by atoms with Gasteiger partial charge in [-0.2, -0.15) is 0 Å². The van der Waals surface area contributed by atoms with Crippen LogP contribution in [0.3, 0.4) is 0 Å². The molecule has 170 valence electrons. The van der Waals surface area contributed by atoms with Gasteiger partial charge in [0.2, 0.25) is 0 Å². The molecule has 0 spiro atoms. The monoisotopic (exact) mass is 455 g/mol. The molecule has 2 aromatic carbocycles. The standard InChI is InChI=1S/C26H21N3O5/c1-2-28-16-8-10-20-22(14-16)33-21-13-15(27)7-9-19(21)25(20)17-5-3-4-6-18(17)26(32)34-29-23(30)11-12-24(29)31/h3-10,13-14H,2,11-12,27H2,1H3/b28-16+. The zero-order valence-corrected chi connectivity index (χ0v) is 18.4. The SMILES string of the molecule is CC/N=c1\ccc2c(-c3ccccc3C(=O)ON3C(=O)CCC3=O)c3ccc(N)cc3oc-2c1. The summed E-state index contributed by atoms with van der Waals surface area (Å²) in [6.45, 7) is 2.58. The highest BCUT2D eigenvalue weighted by atomic mass is 16.7. The predicted octanol–water partition coefficient (Wildman–Crippen LogP) is 3.93. The summed E-state index contributed by atoms with van der Waals surface area (Å²) < 4.78 is 6.16. The molecule has 0 radical (unpaired) electrons. The summed E-state index contributed by atoms with van der Waals surface area (Å²) in [6, 6.07) is 17.8. The van der Waals surface area contributed by atoms with Crippen LogP contribution in [0.4, 0.5) is 5.69 Å². The van der Waals surface area contributed by atoms with Crippen LogP contribution in [0.2, 0.25) is 0 Å². The quantitative estimate of drug-likeness (QED) is 0.283. The molecule has 34 heavy (non-hydrogen) atoms. The molecule has 0 saturated carbocycles. The van der Waals surface area contributed by atoms with E-state index < -0.39 is 17.8 Å². The molecule has 0 bridgehead atoms. The van der Waals surface area contributed by atoms with Crippen LogP contribution in [0.15, 0.2) is 70.1 Å².